The minimum Gasteiger partial charge on any atom is -0.289 e. The van der Waals surface area contributed by atoms with Gasteiger partial charge in [-0.1, -0.05) is 0 Å². The van der Waals surface area contributed by atoms with Gasteiger partial charge in [-0.2, -0.15) is 0 Å². The molecule has 0 bridgehead atoms. The van der Waals surface area contributed by atoms with Crippen molar-refractivity contribution in [1.29, 1.82) is 0 Å². The third-order valence-electron chi connectivity index (χ3n) is 1.62. The Morgan fingerprint density at radius 2 is 2.33 bits per heavy atom. The largest absolute Gasteiger partial charge is 0.289 e. The molecule has 1 N–H and O–H groups in total. The minimum atomic E-state index is -1.98. The van der Waals surface area contributed by atoms with Crippen LogP contribution >= 0.6 is 0 Å². The molecule has 5 heteroatoms. The molecule has 0 spiro atoms. The molecule has 12 heavy (non-hydrogen) atoms. The summed E-state index contributed by atoms with van der Waals surface area (Å²) in [6.07, 6.45) is 4.80. The summed E-state index contributed by atoms with van der Waals surface area (Å²) in [5.74, 6) is 0. The fraction of sp³-hybridized carbons (Fsp3) is 0. The molecule has 0 saturated carbocycles. The topological polar surface area (TPSA) is 55.1 Å². The first kappa shape index (κ1) is 7.45. The zero-order valence-corrected chi connectivity index (χ0v) is 6.86. The molecule has 0 radical (unpaired) electrons. The van der Waals surface area contributed by atoms with Gasteiger partial charge in [-0.25, -0.2) is 8.18 Å². The lowest BCUT2D eigenvalue weighted by molar-refractivity contribution is 0.556. The molecule has 2 aromatic rings. The fourth-order valence-electron chi connectivity index (χ4n) is 1.09. The van der Waals surface area contributed by atoms with Crippen molar-refractivity contribution in [2.75, 3.05) is 0 Å². The van der Waals surface area contributed by atoms with Gasteiger partial charge in [0, 0.05) is 24.0 Å². The Hall–Kier alpha value is -1.20. The van der Waals surface area contributed by atoms with E-state index in [1.54, 1.807) is 30.7 Å². The van der Waals surface area contributed by atoms with E-state index < -0.39 is 11.3 Å². The van der Waals surface area contributed by atoms with Gasteiger partial charge in [-0.15, -0.1) is 0 Å². The van der Waals surface area contributed by atoms with Crippen LogP contribution in [0.3, 0.4) is 0 Å². The smallest absolute Gasteiger partial charge is 0.266 e. The zero-order valence-electron chi connectivity index (χ0n) is 6.04. The van der Waals surface area contributed by atoms with E-state index in [1.165, 1.54) is 3.97 Å². The lowest BCUT2D eigenvalue weighted by Crippen LogP contribution is -1.99. The molecule has 1 unspecified atom stereocenters. The van der Waals surface area contributed by atoms with Crippen molar-refractivity contribution in [3.8, 4) is 0 Å². The summed E-state index contributed by atoms with van der Waals surface area (Å²) in [5, 5.41) is 0.861. The standard InChI is InChI=1S/C7H6N2O2S/c10-12(11)9-4-2-6-5-8-3-1-7(6)9/h1-5H,(H,10,11). The van der Waals surface area contributed by atoms with Gasteiger partial charge in [-0.05, 0) is 12.1 Å². The van der Waals surface area contributed by atoms with E-state index in [0.717, 1.165) is 5.39 Å². The van der Waals surface area contributed by atoms with E-state index in [-0.39, 0.29) is 0 Å². The second kappa shape index (κ2) is 2.69. The van der Waals surface area contributed by atoms with E-state index in [1.807, 2.05) is 0 Å². The van der Waals surface area contributed by atoms with Crippen molar-refractivity contribution in [3.05, 3.63) is 30.7 Å². The molecule has 0 aliphatic rings. The Morgan fingerprint density at radius 3 is 3.08 bits per heavy atom. The Morgan fingerprint density at radius 1 is 1.50 bits per heavy atom. The maximum atomic E-state index is 10.7. The van der Waals surface area contributed by atoms with Gasteiger partial charge in [0.15, 0.2) is 0 Å². The Balaban J connectivity index is 2.79. The van der Waals surface area contributed by atoms with Gasteiger partial charge < -0.3 is 0 Å². The summed E-state index contributed by atoms with van der Waals surface area (Å²) in [4.78, 5) is 3.89. The van der Waals surface area contributed by atoms with Crippen LogP contribution in [0.15, 0.2) is 30.7 Å². The van der Waals surface area contributed by atoms with Crippen LogP contribution in [0, 0.1) is 0 Å². The van der Waals surface area contributed by atoms with Crippen LogP contribution in [0.25, 0.3) is 10.9 Å². The Bertz CT molecular complexity index is 438. The van der Waals surface area contributed by atoms with Gasteiger partial charge in [-0.3, -0.25) is 9.54 Å². The summed E-state index contributed by atoms with van der Waals surface area (Å²) in [6.45, 7) is 0. The molecule has 0 aliphatic heterocycles. The highest BCUT2D eigenvalue weighted by Gasteiger charge is 2.02. The van der Waals surface area contributed by atoms with Crippen molar-refractivity contribution < 1.29 is 8.76 Å². The van der Waals surface area contributed by atoms with Crippen LogP contribution in [0.4, 0.5) is 0 Å². The van der Waals surface area contributed by atoms with Crippen molar-refractivity contribution in [3.63, 3.8) is 0 Å². The monoisotopic (exact) mass is 182 g/mol. The third-order valence-corrected chi connectivity index (χ3v) is 2.28. The van der Waals surface area contributed by atoms with Gasteiger partial charge >= 0.3 is 0 Å². The molecule has 1 atom stereocenters. The molecule has 2 rings (SSSR count). The van der Waals surface area contributed by atoms with E-state index >= 15 is 0 Å². The predicted molar refractivity (Wildman–Crippen MR) is 45.9 cm³/mol. The lowest BCUT2D eigenvalue weighted by atomic mass is 10.3. The second-order valence-electron chi connectivity index (χ2n) is 2.31. The molecule has 2 aromatic heterocycles. The van der Waals surface area contributed by atoms with Crippen molar-refractivity contribution >= 4 is 22.2 Å². The summed E-state index contributed by atoms with van der Waals surface area (Å²) in [6, 6.07) is 3.44. The first-order valence-electron chi connectivity index (χ1n) is 3.31. The van der Waals surface area contributed by atoms with Gasteiger partial charge in [0.2, 0.25) is 0 Å². The maximum absolute atomic E-state index is 10.7. The number of hydrogen-bond donors (Lipinski definition) is 1. The average Bonchev–Trinajstić information content (AvgIpc) is 2.47. The van der Waals surface area contributed by atoms with Crippen LogP contribution in [-0.2, 0) is 11.3 Å². The Kier molecular flexibility index (Phi) is 1.67. The molecule has 0 fully saturated rings. The molecule has 0 saturated heterocycles. The van der Waals surface area contributed by atoms with Crippen molar-refractivity contribution in [1.82, 2.24) is 8.96 Å². The predicted octanol–water partition coefficient (Wildman–Crippen LogP) is 1.02. The highest BCUT2D eigenvalue weighted by atomic mass is 32.2. The van der Waals surface area contributed by atoms with Gasteiger partial charge in [0.25, 0.3) is 11.3 Å². The number of nitrogens with zero attached hydrogens (tertiary/aromatic N) is 2. The van der Waals surface area contributed by atoms with E-state index in [0.29, 0.717) is 5.52 Å². The molecule has 0 amide bonds. The number of fused-ring (bicyclic) bond motifs is 1. The summed E-state index contributed by atoms with van der Waals surface area (Å²) in [5.41, 5.74) is 0.714. The quantitative estimate of drug-likeness (QED) is 0.670. The SMILES string of the molecule is O=S(O)n1ccc2cnccc21. The first-order chi connectivity index (χ1) is 5.79. The number of aromatic nitrogens is 2. The number of pyridine rings is 1. The molecule has 62 valence electrons. The minimum absolute atomic E-state index is 0.714. The second-order valence-corrected chi connectivity index (χ2v) is 3.16. The average molecular weight is 182 g/mol. The molecule has 0 aliphatic carbocycles. The zero-order chi connectivity index (χ0) is 8.55. The van der Waals surface area contributed by atoms with Crippen LogP contribution in [0.2, 0.25) is 0 Å². The summed E-state index contributed by atoms with van der Waals surface area (Å²) in [7, 11) is 0. The maximum Gasteiger partial charge on any atom is 0.266 e. The highest BCUT2D eigenvalue weighted by molar-refractivity contribution is 7.77. The number of hydrogen-bond acceptors (Lipinski definition) is 2. The van der Waals surface area contributed by atoms with Crippen LogP contribution < -0.4 is 0 Å². The fourth-order valence-corrected chi connectivity index (χ4v) is 1.59. The number of rotatable bonds is 1. The van der Waals surface area contributed by atoms with Crippen LogP contribution in [0.1, 0.15) is 0 Å². The van der Waals surface area contributed by atoms with E-state index in [4.69, 9.17) is 4.55 Å². The van der Waals surface area contributed by atoms with Crippen LogP contribution in [-0.4, -0.2) is 17.7 Å². The van der Waals surface area contributed by atoms with Gasteiger partial charge in [0.1, 0.15) is 0 Å². The molecule has 4 nitrogen and oxygen atoms in total. The summed E-state index contributed by atoms with van der Waals surface area (Å²) < 4.78 is 20.8. The summed E-state index contributed by atoms with van der Waals surface area (Å²) >= 11 is -1.98. The molecule has 2 heterocycles. The normalized spacial score (nSPS) is 13.4. The van der Waals surface area contributed by atoms with Crippen molar-refractivity contribution in [2.24, 2.45) is 0 Å². The first-order valence-corrected chi connectivity index (χ1v) is 4.38. The van der Waals surface area contributed by atoms with Crippen molar-refractivity contribution in [2.45, 2.75) is 0 Å². The molecule has 0 aromatic carbocycles. The molecular formula is C7H6N2O2S. The Labute approximate surface area is 71.3 Å². The van der Waals surface area contributed by atoms with E-state index in [2.05, 4.69) is 4.98 Å². The van der Waals surface area contributed by atoms with Gasteiger partial charge in [0.05, 0.1) is 5.52 Å². The molecular weight excluding hydrogens is 176 g/mol. The van der Waals surface area contributed by atoms with Crippen LogP contribution in [0.5, 0.6) is 0 Å². The van der Waals surface area contributed by atoms with E-state index in [9.17, 15) is 4.21 Å². The highest BCUT2D eigenvalue weighted by Crippen LogP contribution is 2.13. The third kappa shape index (κ3) is 1.03. The lowest BCUT2D eigenvalue weighted by Gasteiger charge is -1.95.